The summed E-state index contributed by atoms with van der Waals surface area (Å²) in [6.45, 7) is 8.87. The van der Waals surface area contributed by atoms with E-state index in [2.05, 4.69) is 18.7 Å². The number of aliphatic hydroxyl groups excluding tert-OH is 1. The zero-order chi connectivity index (χ0) is 26.5. The molecule has 0 aliphatic carbocycles. The van der Waals surface area contributed by atoms with Crippen molar-refractivity contribution < 1.29 is 24.2 Å². The van der Waals surface area contributed by atoms with E-state index in [0.717, 1.165) is 19.6 Å². The van der Waals surface area contributed by atoms with Gasteiger partial charge in [-0.05, 0) is 54.3 Å². The smallest absolute Gasteiger partial charge is 0.295 e. The Balaban J connectivity index is 1.64. The van der Waals surface area contributed by atoms with Gasteiger partial charge in [0.1, 0.15) is 11.5 Å². The third-order valence-corrected chi connectivity index (χ3v) is 7.23. The highest BCUT2D eigenvalue weighted by Gasteiger charge is 2.46. The number of hydrogen-bond acceptors (Lipinski definition) is 6. The van der Waals surface area contributed by atoms with E-state index in [1.165, 1.54) is 4.90 Å². The predicted octanol–water partition coefficient (Wildman–Crippen LogP) is 5.17. The Labute approximate surface area is 227 Å². The molecule has 9 heteroatoms. The second-order valence-corrected chi connectivity index (χ2v) is 10.5. The molecule has 2 aromatic rings. The predicted molar refractivity (Wildman–Crippen MR) is 144 cm³/mol. The molecule has 4 rings (SSSR count). The molecule has 1 N–H and O–H groups in total. The number of hydrogen-bond donors (Lipinski definition) is 1. The van der Waals surface area contributed by atoms with Gasteiger partial charge in [0.15, 0.2) is 0 Å². The molecule has 1 amide bonds. The van der Waals surface area contributed by atoms with Crippen LogP contribution >= 0.6 is 23.2 Å². The maximum absolute atomic E-state index is 13.3. The van der Waals surface area contributed by atoms with E-state index in [1.807, 2.05) is 0 Å². The van der Waals surface area contributed by atoms with Crippen LogP contribution in [0.1, 0.15) is 37.4 Å². The van der Waals surface area contributed by atoms with E-state index in [1.54, 1.807) is 42.5 Å². The standard InChI is InChI=1S/C28H32Cl2N2O5/c1-18(2)17-37-21-7-4-19(5-8-21)26(33)24-25(20-6-9-22(29)23(30)16-20)32(28(35)27(24)34)11-3-10-31-12-14-36-15-13-31/h4-9,16,18,25,33H,3,10-15,17H2,1-2H3/b26-24+. The van der Waals surface area contributed by atoms with Crippen molar-refractivity contribution in [3.05, 3.63) is 69.2 Å². The molecule has 0 spiro atoms. The molecule has 1 unspecified atom stereocenters. The summed E-state index contributed by atoms with van der Waals surface area (Å²) in [5.74, 6) is -0.564. The number of halogens is 2. The number of carbonyl (C=O) groups excluding carboxylic acids is 2. The number of benzene rings is 2. The number of morpholine rings is 1. The van der Waals surface area contributed by atoms with Crippen LogP contribution in [-0.4, -0.2) is 72.6 Å². The van der Waals surface area contributed by atoms with Gasteiger partial charge in [0.05, 0.1) is 41.5 Å². The first-order chi connectivity index (χ1) is 17.8. The molecule has 37 heavy (non-hydrogen) atoms. The summed E-state index contributed by atoms with van der Waals surface area (Å²) in [4.78, 5) is 30.2. The minimum absolute atomic E-state index is 0.0330. The molecule has 2 aliphatic rings. The molecule has 2 aromatic carbocycles. The number of carbonyl (C=O) groups is 2. The highest BCUT2D eigenvalue weighted by molar-refractivity contribution is 6.46. The average molecular weight is 547 g/mol. The van der Waals surface area contributed by atoms with Crippen molar-refractivity contribution in [1.82, 2.24) is 9.80 Å². The zero-order valence-electron chi connectivity index (χ0n) is 21.1. The molecule has 2 saturated heterocycles. The summed E-state index contributed by atoms with van der Waals surface area (Å²) in [6.07, 6.45) is 0.673. The Morgan fingerprint density at radius 1 is 1.05 bits per heavy atom. The van der Waals surface area contributed by atoms with Gasteiger partial charge >= 0.3 is 0 Å². The molecule has 2 heterocycles. The average Bonchev–Trinajstić information content (AvgIpc) is 3.14. The summed E-state index contributed by atoms with van der Waals surface area (Å²) in [7, 11) is 0. The minimum atomic E-state index is -0.781. The lowest BCUT2D eigenvalue weighted by atomic mass is 9.95. The summed E-state index contributed by atoms with van der Waals surface area (Å²) in [6, 6.07) is 11.1. The fourth-order valence-corrected chi connectivity index (χ4v) is 4.86. The first-order valence-corrected chi connectivity index (χ1v) is 13.3. The quantitative estimate of drug-likeness (QED) is 0.265. The molecular weight excluding hydrogens is 515 g/mol. The number of amides is 1. The van der Waals surface area contributed by atoms with Gasteiger partial charge in [-0.15, -0.1) is 0 Å². The molecule has 2 fully saturated rings. The van der Waals surface area contributed by atoms with Gasteiger partial charge in [0.2, 0.25) is 0 Å². The lowest BCUT2D eigenvalue weighted by Crippen LogP contribution is -2.38. The Bertz CT molecular complexity index is 1160. The van der Waals surface area contributed by atoms with Gasteiger partial charge in [0, 0.05) is 31.7 Å². The second kappa shape index (κ2) is 12.3. The number of aliphatic hydroxyl groups is 1. The van der Waals surface area contributed by atoms with Crippen LogP contribution in [0.15, 0.2) is 48.0 Å². The lowest BCUT2D eigenvalue weighted by Gasteiger charge is -2.29. The summed E-state index contributed by atoms with van der Waals surface area (Å²) in [5.41, 5.74) is 1.07. The Kier molecular flexibility index (Phi) is 9.13. The van der Waals surface area contributed by atoms with E-state index in [9.17, 15) is 14.7 Å². The van der Waals surface area contributed by atoms with Gasteiger partial charge in [-0.1, -0.05) is 43.1 Å². The van der Waals surface area contributed by atoms with Crippen LogP contribution in [0.25, 0.3) is 5.76 Å². The van der Waals surface area contributed by atoms with E-state index >= 15 is 0 Å². The highest BCUT2D eigenvalue weighted by atomic mass is 35.5. The summed E-state index contributed by atoms with van der Waals surface area (Å²) in [5, 5.41) is 12.0. The normalized spacial score (nSPS) is 20.1. The van der Waals surface area contributed by atoms with E-state index in [0.29, 0.717) is 65.6 Å². The summed E-state index contributed by atoms with van der Waals surface area (Å²) < 4.78 is 11.1. The lowest BCUT2D eigenvalue weighted by molar-refractivity contribution is -0.140. The van der Waals surface area contributed by atoms with E-state index in [4.69, 9.17) is 32.7 Å². The third-order valence-electron chi connectivity index (χ3n) is 6.49. The van der Waals surface area contributed by atoms with Crippen LogP contribution in [0, 0.1) is 5.92 Å². The van der Waals surface area contributed by atoms with Crippen molar-refractivity contribution in [3.8, 4) is 5.75 Å². The van der Waals surface area contributed by atoms with Crippen molar-refractivity contribution in [1.29, 1.82) is 0 Å². The number of ketones is 1. The Morgan fingerprint density at radius 2 is 1.76 bits per heavy atom. The number of Topliss-reactive ketones (excluding diaryl/α,β-unsaturated/α-hetero) is 1. The molecule has 0 saturated carbocycles. The van der Waals surface area contributed by atoms with Crippen LogP contribution in [0.4, 0.5) is 0 Å². The van der Waals surface area contributed by atoms with E-state index in [-0.39, 0.29) is 11.3 Å². The monoisotopic (exact) mass is 546 g/mol. The maximum Gasteiger partial charge on any atom is 0.295 e. The van der Waals surface area contributed by atoms with Crippen molar-refractivity contribution >= 4 is 40.7 Å². The van der Waals surface area contributed by atoms with Gasteiger partial charge in [-0.25, -0.2) is 0 Å². The van der Waals surface area contributed by atoms with Crippen LogP contribution in [-0.2, 0) is 14.3 Å². The largest absolute Gasteiger partial charge is 0.507 e. The molecule has 1 atom stereocenters. The number of nitrogens with zero attached hydrogens (tertiary/aromatic N) is 2. The molecule has 7 nitrogen and oxygen atoms in total. The van der Waals surface area contributed by atoms with Crippen LogP contribution in [0.2, 0.25) is 10.0 Å². The van der Waals surface area contributed by atoms with Crippen molar-refractivity contribution in [3.63, 3.8) is 0 Å². The van der Waals surface area contributed by atoms with Crippen molar-refractivity contribution in [2.75, 3.05) is 46.0 Å². The van der Waals surface area contributed by atoms with Crippen molar-refractivity contribution in [2.45, 2.75) is 26.3 Å². The fraction of sp³-hybridized carbons (Fsp3) is 0.429. The van der Waals surface area contributed by atoms with Crippen LogP contribution in [0.3, 0.4) is 0 Å². The second-order valence-electron chi connectivity index (χ2n) is 9.70. The third kappa shape index (κ3) is 6.47. The first kappa shape index (κ1) is 27.5. The zero-order valence-corrected chi connectivity index (χ0v) is 22.6. The molecule has 0 aromatic heterocycles. The number of ether oxygens (including phenoxy) is 2. The number of likely N-dealkylation sites (tertiary alicyclic amines) is 1. The topological polar surface area (TPSA) is 79.3 Å². The van der Waals surface area contributed by atoms with Gasteiger partial charge in [-0.3, -0.25) is 14.5 Å². The highest BCUT2D eigenvalue weighted by Crippen LogP contribution is 2.41. The van der Waals surface area contributed by atoms with Crippen LogP contribution in [0.5, 0.6) is 5.75 Å². The van der Waals surface area contributed by atoms with Gasteiger partial charge in [-0.2, -0.15) is 0 Å². The maximum atomic E-state index is 13.3. The first-order valence-electron chi connectivity index (χ1n) is 12.5. The fourth-order valence-electron chi connectivity index (χ4n) is 4.56. The molecule has 0 radical (unpaired) electrons. The van der Waals surface area contributed by atoms with Gasteiger partial charge < -0.3 is 19.5 Å². The molecular formula is C28H32Cl2N2O5. The SMILES string of the molecule is CC(C)COc1ccc(/C(O)=C2\C(=O)C(=O)N(CCCN3CCOCC3)C2c2ccc(Cl)c(Cl)c2)cc1. The Hall–Kier alpha value is -2.58. The molecule has 2 aliphatic heterocycles. The Morgan fingerprint density at radius 3 is 2.41 bits per heavy atom. The molecule has 198 valence electrons. The van der Waals surface area contributed by atoms with Gasteiger partial charge in [0.25, 0.3) is 11.7 Å². The van der Waals surface area contributed by atoms with E-state index < -0.39 is 17.7 Å². The number of rotatable bonds is 9. The van der Waals surface area contributed by atoms with Crippen LogP contribution < -0.4 is 4.74 Å². The molecule has 0 bridgehead atoms. The van der Waals surface area contributed by atoms with Crippen molar-refractivity contribution in [2.24, 2.45) is 5.92 Å². The minimum Gasteiger partial charge on any atom is -0.507 e. The summed E-state index contributed by atoms with van der Waals surface area (Å²) >= 11 is 12.4.